The van der Waals surface area contributed by atoms with E-state index in [2.05, 4.69) is 4.74 Å². The zero-order valence-corrected chi connectivity index (χ0v) is 16.5. The van der Waals surface area contributed by atoms with Crippen molar-refractivity contribution in [3.8, 4) is 28.7 Å². The average molecular weight is 430 g/mol. The van der Waals surface area contributed by atoms with E-state index in [9.17, 15) is 14.9 Å². The number of ether oxygens (including phenoxy) is 4. The number of nitrogens with zero attached hydrogens (tertiary/aromatic N) is 1. The summed E-state index contributed by atoms with van der Waals surface area (Å²) >= 11 is 5.86. The number of methoxy groups -OCH3 is 1. The van der Waals surface area contributed by atoms with Gasteiger partial charge in [0.25, 0.3) is 0 Å². The molecule has 0 aliphatic carbocycles. The molecule has 0 amide bonds. The van der Waals surface area contributed by atoms with Crippen LogP contribution in [-0.2, 0) is 9.53 Å². The fourth-order valence-corrected chi connectivity index (χ4v) is 2.52. The van der Waals surface area contributed by atoms with Crippen molar-refractivity contribution in [2.75, 3.05) is 13.7 Å². The van der Waals surface area contributed by atoms with Gasteiger partial charge in [-0.15, -0.1) is 0 Å². The highest BCUT2D eigenvalue weighted by molar-refractivity contribution is 6.30. The lowest BCUT2D eigenvalue weighted by molar-refractivity contribution is -0.385. The van der Waals surface area contributed by atoms with Gasteiger partial charge in [-0.05, 0) is 42.5 Å². The van der Waals surface area contributed by atoms with Gasteiger partial charge < -0.3 is 18.9 Å². The van der Waals surface area contributed by atoms with E-state index in [1.165, 1.54) is 25.3 Å². The molecule has 0 radical (unpaired) electrons. The molecule has 0 aliphatic rings. The first-order valence-corrected chi connectivity index (χ1v) is 9.02. The highest BCUT2D eigenvalue weighted by atomic mass is 35.5. The third-order valence-electron chi connectivity index (χ3n) is 3.82. The summed E-state index contributed by atoms with van der Waals surface area (Å²) in [5.41, 5.74) is -0.263. The highest BCUT2D eigenvalue weighted by Gasteiger charge is 2.19. The Morgan fingerprint density at radius 1 is 0.933 bits per heavy atom. The minimum absolute atomic E-state index is 0.0550. The van der Waals surface area contributed by atoms with Crippen molar-refractivity contribution < 1.29 is 28.7 Å². The monoisotopic (exact) mass is 429 g/mol. The van der Waals surface area contributed by atoms with Crippen LogP contribution in [0.1, 0.15) is 0 Å². The van der Waals surface area contributed by atoms with Crippen LogP contribution in [-0.4, -0.2) is 24.6 Å². The van der Waals surface area contributed by atoms with Crippen LogP contribution in [0, 0.1) is 10.1 Å². The molecule has 3 aromatic carbocycles. The van der Waals surface area contributed by atoms with Crippen molar-refractivity contribution in [1.29, 1.82) is 0 Å². The summed E-state index contributed by atoms with van der Waals surface area (Å²) in [5, 5.41) is 12.0. The lowest BCUT2D eigenvalue weighted by Crippen LogP contribution is -2.12. The summed E-state index contributed by atoms with van der Waals surface area (Å²) < 4.78 is 21.4. The molecule has 0 aromatic heterocycles. The molecule has 0 saturated carbocycles. The van der Waals surface area contributed by atoms with E-state index < -0.39 is 10.9 Å². The summed E-state index contributed by atoms with van der Waals surface area (Å²) in [5.74, 6) is 0.607. The maximum atomic E-state index is 11.4. The molecular weight excluding hydrogens is 414 g/mol. The lowest BCUT2D eigenvalue weighted by Gasteiger charge is -2.13. The normalized spacial score (nSPS) is 10.2. The first kappa shape index (κ1) is 20.9. The molecule has 0 bridgehead atoms. The van der Waals surface area contributed by atoms with E-state index in [1.54, 1.807) is 48.5 Å². The number of nitro groups is 1. The molecule has 0 heterocycles. The molecule has 8 nitrogen and oxygen atoms in total. The summed E-state index contributed by atoms with van der Waals surface area (Å²) in [6.07, 6.45) is 0. The molecule has 0 N–H and O–H groups in total. The maximum Gasteiger partial charge on any atom is 0.343 e. The van der Waals surface area contributed by atoms with Gasteiger partial charge in [0.2, 0.25) is 5.75 Å². The zero-order valence-electron chi connectivity index (χ0n) is 15.7. The van der Waals surface area contributed by atoms with Crippen LogP contribution in [0.2, 0.25) is 5.02 Å². The van der Waals surface area contributed by atoms with E-state index in [4.69, 9.17) is 25.8 Å². The fraction of sp³-hybridized carbons (Fsp3) is 0.0952. The fourth-order valence-electron chi connectivity index (χ4n) is 2.40. The van der Waals surface area contributed by atoms with Gasteiger partial charge in [0.15, 0.2) is 18.1 Å². The quantitative estimate of drug-likeness (QED) is 0.269. The van der Waals surface area contributed by atoms with Gasteiger partial charge in [-0.25, -0.2) is 4.79 Å². The Morgan fingerprint density at radius 2 is 1.60 bits per heavy atom. The summed E-state index contributed by atoms with van der Waals surface area (Å²) in [7, 11) is 1.24. The Labute approximate surface area is 176 Å². The number of rotatable bonds is 8. The van der Waals surface area contributed by atoms with Crippen LogP contribution in [0.5, 0.6) is 28.7 Å². The van der Waals surface area contributed by atoms with E-state index >= 15 is 0 Å². The molecule has 0 atom stereocenters. The molecule has 0 unspecified atom stereocenters. The van der Waals surface area contributed by atoms with Crippen molar-refractivity contribution in [3.63, 3.8) is 0 Å². The molecule has 3 rings (SSSR count). The topological polar surface area (TPSA) is 97.1 Å². The van der Waals surface area contributed by atoms with Crippen molar-refractivity contribution in [2.24, 2.45) is 0 Å². The van der Waals surface area contributed by atoms with Gasteiger partial charge in [-0.3, -0.25) is 10.1 Å². The van der Waals surface area contributed by atoms with E-state index in [-0.39, 0.29) is 29.5 Å². The Hall–Kier alpha value is -3.78. The van der Waals surface area contributed by atoms with Crippen molar-refractivity contribution >= 4 is 23.3 Å². The minimum atomic E-state index is -0.575. The number of carbonyl (C=O) groups is 1. The molecule has 0 spiro atoms. The van der Waals surface area contributed by atoms with Crippen molar-refractivity contribution in [2.45, 2.75) is 0 Å². The Morgan fingerprint density at radius 3 is 2.27 bits per heavy atom. The smallest absolute Gasteiger partial charge is 0.343 e. The van der Waals surface area contributed by atoms with Crippen LogP contribution in [0.3, 0.4) is 0 Å². The summed E-state index contributed by atoms with van der Waals surface area (Å²) in [6, 6.07) is 17.3. The van der Waals surface area contributed by atoms with Crippen LogP contribution >= 0.6 is 11.6 Å². The standard InChI is InChI=1S/C21H16ClNO7/c1-27-21(24)13-28-18-4-2-3-5-19(18)30-20-12-16(10-11-17(20)23(25)26)29-15-8-6-14(22)7-9-15/h2-12H,13H2,1H3. The van der Waals surface area contributed by atoms with Gasteiger partial charge in [0.05, 0.1) is 12.0 Å². The third-order valence-corrected chi connectivity index (χ3v) is 4.07. The first-order valence-electron chi connectivity index (χ1n) is 8.64. The van der Waals surface area contributed by atoms with Crippen LogP contribution < -0.4 is 14.2 Å². The van der Waals surface area contributed by atoms with E-state index in [1.807, 2.05) is 0 Å². The molecule has 30 heavy (non-hydrogen) atoms. The molecule has 0 aliphatic heterocycles. The molecular formula is C21H16ClNO7. The lowest BCUT2D eigenvalue weighted by atomic mass is 10.2. The first-order chi connectivity index (χ1) is 14.5. The van der Waals surface area contributed by atoms with E-state index in [0.29, 0.717) is 16.5 Å². The number of esters is 1. The molecule has 3 aromatic rings. The van der Waals surface area contributed by atoms with Gasteiger partial charge >= 0.3 is 11.7 Å². The largest absolute Gasteiger partial charge is 0.478 e. The van der Waals surface area contributed by atoms with E-state index in [0.717, 1.165) is 0 Å². The number of benzene rings is 3. The average Bonchev–Trinajstić information content (AvgIpc) is 2.74. The maximum absolute atomic E-state index is 11.4. The number of nitro benzene ring substituents is 1. The molecule has 9 heteroatoms. The number of hydrogen-bond acceptors (Lipinski definition) is 7. The number of halogens is 1. The predicted octanol–water partition coefficient (Wildman–Crippen LogP) is 5.38. The van der Waals surface area contributed by atoms with Crippen LogP contribution in [0.25, 0.3) is 0 Å². The number of hydrogen-bond donors (Lipinski definition) is 0. The summed E-state index contributed by atoms with van der Waals surface area (Å²) in [4.78, 5) is 22.2. The molecule has 0 saturated heterocycles. The second-order valence-corrected chi connectivity index (χ2v) is 6.29. The Balaban J connectivity index is 1.88. The van der Waals surface area contributed by atoms with Crippen LogP contribution in [0.15, 0.2) is 66.7 Å². The Kier molecular flexibility index (Phi) is 6.71. The van der Waals surface area contributed by atoms with Crippen molar-refractivity contribution in [3.05, 3.63) is 81.9 Å². The zero-order chi connectivity index (χ0) is 21.5. The SMILES string of the molecule is COC(=O)COc1ccccc1Oc1cc(Oc2ccc(Cl)cc2)ccc1[N+](=O)[O-]. The van der Waals surface area contributed by atoms with Crippen LogP contribution in [0.4, 0.5) is 5.69 Å². The predicted molar refractivity (Wildman–Crippen MR) is 109 cm³/mol. The summed E-state index contributed by atoms with van der Waals surface area (Å²) in [6.45, 7) is -0.335. The van der Waals surface area contributed by atoms with Gasteiger partial charge in [-0.2, -0.15) is 0 Å². The number of carbonyl (C=O) groups excluding carboxylic acids is 1. The second-order valence-electron chi connectivity index (χ2n) is 5.86. The molecule has 154 valence electrons. The van der Waals surface area contributed by atoms with Gasteiger partial charge in [-0.1, -0.05) is 23.7 Å². The molecule has 0 fully saturated rings. The van der Waals surface area contributed by atoms with Crippen molar-refractivity contribution in [1.82, 2.24) is 0 Å². The van der Waals surface area contributed by atoms with Gasteiger partial charge in [0, 0.05) is 17.2 Å². The third kappa shape index (κ3) is 5.39. The second kappa shape index (κ2) is 9.62. The minimum Gasteiger partial charge on any atom is -0.478 e. The number of para-hydroxylation sites is 2. The Bertz CT molecular complexity index is 1050. The van der Waals surface area contributed by atoms with Gasteiger partial charge in [0.1, 0.15) is 11.5 Å². The highest BCUT2D eigenvalue weighted by Crippen LogP contribution is 2.39.